The predicted octanol–water partition coefficient (Wildman–Crippen LogP) is 2.58. The van der Waals surface area contributed by atoms with Gasteiger partial charge in [0, 0.05) is 4.47 Å². The van der Waals surface area contributed by atoms with Crippen molar-refractivity contribution in [3.05, 3.63) is 22.2 Å². The van der Waals surface area contributed by atoms with E-state index in [-0.39, 0.29) is 17.1 Å². The van der Waals surface area contributed by atoms with Crippen LogP contribution in [0, 0.1) is 0 Å². The van der Waals surface area contributed by atoms with Crippen LogP contribution in [0.1, 0.15) is 10.4 Å². The van der Waals surface area contributed by atoms with E-state index in [1.807, 2.05) is 0 Å². The van der Waals surface area contributed by atoms with E-state index < -0.39 is 6.29 Å². The first-order valence-corrected chi connectivity index (χ1v) is 4.36. The van der Waals surface area contributed by atoms with E-state index in [0.29, 0.717) is 10.8 Å². The first kappa shape index (κ1) is 9.39. The zero-order valence-electron chi connectivity index (χ0n) is 6.59. The molecule has 0 radical (unpaired) electrons. The van der Waals surface area contributed by atoms with Crippen LogP contribution >= 0.6 is 15.9 Å². The molecular formula is C8H3BrF2O3. The van der Waals surface area contributed by atoms with Gasteiger partial charge in [0.2, 0.25) is 0 Å². The normalized spacial score (nSPS) is 16.8. The standard InChI is InChI=1S/C8H3BrF2O3/c9-5-1-2-6-7(4(5)3-12)14-8(10,11)13-6/h1-3H. The third-order valence-corrected chi connectivity index (χ3v) is 2.37. The molecule has 6 heteroatoms. The minimum Gasteiger partial charge on any atom is -0.395 e. The molecule has 0 spiro atoms. The molecule has 0 amide bonds. The highest BCUT2D eigenvalue weighted by Crippen LogP contribution is 2.44. The van der Waals surface area contributed by atoms with Crippen LogP contribution in [0.15, 0.2) is 16.6 Å². The van der Waals surface area contributed by atoms with Gasteiger partial charge < -0.3 is 9.47 Å². The lowest BCUT2D eigenvalue weighted by molar-refractivity contribution is -0.286. The number of alkyl halides is 2. The van der Waals surface area contributed by atoms with Gasteiger partial charge in [-0.1, -0.05) is 0 Å². The lowest BCUT2D eigenvalue weighted by Gasteiger charge is -2.04. The van der Waals surface area contributed by atoms with E-state index in [9.17, 15) is 13.6 Å². The van der Waals surface area contributed by atoms with Crippen molar-refractivity contribution in [1.82, 2.24) is 0 Å². The molecule has 2 rings (SSSR count). The van der Waals surface area contributed by atoms with Gasteiger partial charge in [-0.3, -0.25) is 4.79 Å². The molecule has 3 nitrogen and oxygen atoms in total. The number of ether oxygens (including phenoxy) is 2. The van der Waals surface area contributed by atoms with Gasteiger partial charge in [-0.15, -0.1) is 8.78 Å². The number of benzene rings is 1. The number of carbonyl (C=O) groups is 1. The number of fused-ring (bicyclic) bond motifs is 1. The average Bonchev–Trinajstić information content (AvgIpc) is 2.39. The Hall–Kier alpha value is -1.17. The Morgan fingerprint density at radius 3 is 2.71 bits per heavy atom. The molecule has 0 aromatic heterocycles. The SMILES string of the molecule is O=Cc1c(Br)ccc2c1OC(F)(F)O2. The predicted molar refractivity (Wildman–Crippen MR) is 45.7 cm³/mol. The molecule has 0 saturated heterocycles. The topological polar surface area (TPSA) is 35.5 Å². The van der Waals surface area contributed by atoms with Crippen molar-refractivity contribution in [3.63, 3.8) is 0 Å². The summed E-state index contributed by atoms with van der Waals surface area (Å²) in [5.74, 6) is -0.375. The molecular weight excluding hydrogens is 262 g/mol. The van der Waals surface area contributed by atoms with Gasteiger partial charge in [0.05, 0.1) is 5.56 Å². The van der Waals surface area contributed by atoms with Gasteiger partial charge in [-0.25, -0.2) is 0 Å². The van der Waals surface area contributed by atoms with E-state index in [2.05, 4.69) is 25.4 Å². The molecule has 0 aliphatic carbocycles. The average molecular weight is 265 g/mol. The summed E-state index contributed by atoms with van der Waals surface area (Å²) in [6, 6.07) is 2.74. The Morgan fingerprint density at radius 2 is 2.07 bits per heavy atom. The first-order chi connectivity index (χ1) is 6.53. The van der Waals surface area contributed by atoms with Crippen LogP contribution in [0.4, 0.5) is 8.78 Å². The monoisotopic (exact) mass is 264 g/mol. The molecule has 0 N–H and O–H groups in total. The largest absolute Gasteiger partial charge is 0.586 e. The van der Waals surface area contributed by atoms with Crippen LogP contribution in [0.25, 0.3) is 0 Å². The van der Waals surface area contributed by atoms with Crippen molar-refractivity contribution in [2.24, 2.45) is 0 Å². The summed E-state index contributed by atoms with van der Waals surface area (Å²) in [4.78, 5) is 10.6. The number of carbonyl (C=O) groups excluding carboxylic acids is 1. The van der Waals surface area contributed by atoms with Crippen molar-refractivity contribution in [3.8, 4) is 11.5 Å². The highest BCUT2D eigenvalue weighted by molar-refractivity contribution is 9.10. The number of rotatable bonds is 1. The number of halogens is 3. The number of aldehydes is 1. The van der Waals surface area contributed by atoms with Gasteiger partial charge in [-0.05, 0) is 28.1 Å². The Labute approximate surface area is 85.7 Å². The highest BCUT2D eigenvalue weighted by Gasteiger charge is 2.44. The van der Waals surface area contributed by atoms with Crippen molar-refractivity contribution >= 4 is 22.2 Å². The molecule has 1 heterocycles. The van der Waals surface area contributed by atoms with Crippen LogP contribution in [-0.2, 0) is 0 Å². The maximum Gasteiger partial charge on any atom is 0.586 e. The highest BCUT2D eigenvalue weighted by atomic mass is 79.9. The molecule has 1 aromatic carbocycles. The van der Waals surface area contributed by atoms with Crippen LogP contribution in [-0.4, -0.2) is 12.6 Å². The summed E-state index contributed by atoms with van der Waals surface area (Å²) in [5, 5.41) is 0. The number of hydrogen-bond acceptors (Lipinski definition) is 3. The zero-order valence-corrected chi connectivity index (χ0v) is 8.18. The lowest BCUT2D eigenvalue weighted by Crippen LogP contribution is -2.26. The fourth-order valence-corrected chi connectivity index (χ4v) is 1.52. The third-order valence-electron chi connectivity index (χ3n) is 1.67. The molecule has 0 bridgehead atoms. The van der Waals surface area contributed by atoms with Crippen LogP contribution in [0.5, 0.6) is 11.5 Å². The Morgan fingerprint density at radius 1 is 1.36 bits per heavy atom. The second kappa shape index (κ2) is 2.91. The van der Waals surface area contributed by atoms with Crippen LogP contribution < -0.4 is 9.47 Å². The second-order valence-electron chi connectivity index (χ2n) is 2.57. The van der Waals surface area contributed by atoms with Crippen molar-refractivity contribution in [1.29, 1.82) is 0 Å². The van der Waals surface area contributed by atoms with Crippen molar-refractivity contribution in [2.75, 3.05) is 0 Å². The minimum atomic E-state index is -3.69. The van der Waals surface area contributed by atoms with Crippen molar-refractivity contribution < 1.29 is 23.0 Å². The van der Waals surface area contributed by atoms with Crippen LogP contribution in [0.3, 0.4) is 0 Å². The van der Waals surface area contributed by atoms with E-state index >= 15 is 0 Å². The zero-order chi connectivity index (χ0) is 10.3. The molecule has 1 aliphatic rings. The molecule has 0 unspecified atom stereocenters. The lowest BCUT2D eigenvalue weighted by atomic mass is 10.2. The van der Waals surface area contributed by atoms with Gasteiger partial charge >= 0.3 is 6.29 Å². The smallest absolute Gasteiger partial charge is 0.395 e. The Kier molecular flexibility index (Phi) is 1.95. The maximum atomic E-state index is 12.6. The quantitative estimate of drug-likeness (QED) is 0.732. The van der Waals surface area contributed by atoms with Gasteiger partial charge in [-0.2, -0.15) is 0 Å². The van der Waals surface area contributed by atoms with Crippen molar-refractivity contribution in [2.45, 2.75) is 6.29 Å². The molecule has 0 saturated carbocycles. The van der Waals surface area contributed by atoms with Gasteiger partial charge in [0.25, 0.3) is 0 Å². The maximum absolute atomic E-state index is 12.6. The summed E-state index contributed by atoms with van der Waals surface area (Å²) >= 11 is 3.04. The molecule has 1 aliphatic heterocycles. The fraction of sp³-hybridized carbons (Fsp3) is 0.125. The first-order valence-electron chi connectivity index (χ1n) is 3.57. The molecule has 1 aromatic rings. The summed E-state index contributed by atoms with van der Waals surface area (Å²) < 4.78 is 33.9. The molecule has 14 heavy (non-hydrogen) atoms. The molecule has 0 fully saturated rings. The summed E-state index contributed by atoms with van der Waals surface area (Å²) in [6.07, 6.45) is -3.27. The summed E-state index contributed by atoms with van der Waals surface area (Å²) in [5.41, 5.74) is 0.0136. The minimum absolute atomic E-state index is 0.0136. The third kappa shape index (κ3) is 1.35. The Bertz CT molecular complexity index is 406. The number of hydrogen-bond donors (Lipinski definition) is 0. The summed E-state index contributed by atoms with van der Waals surface area (Å²) in [7, 11) is 0. The van der Waals surface area contributed by atoms with Gasteiger partial charge in [0.1, 0.15) is 0 Å². The van der Waals surface area contributed by atoms with E-state index in [4.69, 9.17) is 0 Å². The van der Waals surface area contributed by atoms with E-state index in [1.54, 1.807) is 0 Å². The molecule has 74 valence electrons. The summed E-state index contributed by atoms with van der Waals surface area (Å²) in [6.45, 7) is 0. The van der Waals surface area contributed by atoms with Gasteiger partial charge in [0.15, 0.2) is 17.8 Å². The van der Waals surface area contributed by atoms with E-state index in [1.165, 1.54) is 12.1 Å². The second-order valence-corrected chi connectivity index (χ2v) is 3.43. The van der Waals surface area contributed by atoms with Crippen LogP contribution in [0.2, 0.25) is 0 Å². The Balaban J connectivity index is 2.57. The fourth-order valence-electron chi connectivity index (χ4n) is 1.12. The van der Waals surface area contributed by atoms with E-state index in [0.717, 1.165) is 0 Å². The molecule has 0 atom stereocenters.